The van der Waals surface area contributed by atoms with E-state index in [9.17, 15) is 28.3 Å². The largest absolute Gasteiger partial charge is 0.502 e. The fourth-order valence-electron chi connectivity index (χ4n) is 3.93. The molecule has 0 spiro atoms. The summed E-state index contributed by atoms with van der Waals surface area (Å²) in [6, 6.07) is 2.94. The van der Waals surface area contributed by atoms with E-state index in [1.165, 1.54) is 21.8 Å². The second-order valence-electron chi connectivity index (χ2n) is 7.39. The van der Waals surface area contributed by atoms with Crippen LogP contribution in [0, 0.1) is 11.6 Å². The van der Waals surface area contributed by atoms with Gasteiger partial charge in [-0.3, -0.25) is 24.1 Å². The zero-order valence-corrected chi connectivity index (χ0v) is 16.2. The topological polar surface area (TPSA) is 94.9 Å². The van der Waals surface area contributed by atoms with E-state index in [-0.39, 0.29) is 29.5 Å². The fourth-order valence-corrected chi connectivity index (χ4v) is 3.93. The van der Waals surface area contributed by atoms with E-state index in [1.54, 1.807) is 7.05 Å². The molecule has 8 nitrogen and oxygen atoms in total. The molecular formula is C20H20F2N4O4. The van der Waals surface area contributed by atoms with Crippen molar-refractivity contribution in [3.8, 4) is 5.75 Å². The Morgan fingerprint density at radius 3 is 2.77 bits per heavy atom. The van der Waals surface area contributed by atoms with Crippen LogP contribution < -0.4 is 15.8 Å². The number of pyridine rings is 1. The highest BCUT2D eigenvalue weighted by Gasteiger charge is 2.39. The third-order valence-electron chi connectivity index (χ3n) is 5.55. The maximum Gasteiger partial charge on any atom is 0.277 e. The van der Waals surface area contributed by atoms with Gasteiger partial charge in [-0.2, -0.15) is 0 Å². The van der Waals surface area contributed by atoms with E-state index in [4.69, 9.17) is 0 Å². The maximum absolute atomic E-state index is 13.8. The Hall–Kier alpha value is -3.43. The highest BCUT2D eigenvalue weighted by Crippen LogP contribution is 2.28. The summed E-state index contributed by atoms with van der Waals surface area (Å²) in [5, 5.41) is 14.7. The lowest BCUT2D eigenvalue weighted by atomic mass is 10.1. The van der Waals surface area contributed by atoms with Crippen LogP contribution >= 0.6 is 0 Å². The lowest BCUT2D eigenvalue weighted by Gasteiger charge is -2.47. The van der Waals surface area contributed by atoms with Crippen LogP contribution in [0.15, 0.2) is 29.2 Å². The van der Waals surface area contributed by atoms with Crippen molar-refractivity contribution in [2.75, 3.05) is 18.6 Å². The number of hydrogen-bond donors (Lipinski definition) is 2. The van der Waals surface area contributed by atoms with Gasteiger partial charge in [-0.15, -0.1) is 0 Å². The van der Waals surface area contributed by atoms with E-state index in [0.29, 0.717) is 12.6 Å². The minimum Gasteiger partial charge on any atom is -0.502 e. The minimum absolute atomic E-state index is 0.0416. The second-order valence-corrected chi connectivity index (χ2v) is 7.39. The molecule has 2 N–H and O–H groups in total. The molecule has 1 aromatic heterocycles. The summed E-state index contributed by atoms with van der Waals surface area (Å²) in [6.07, 6.45) is 3.49. The number of benzene rings is 1. The molecule has 10 heteroatoms. The Balaban J connectivity index is 1.68. The second kappa shape index (κ2) is 7.43. The highest BCUT2D eigenvalue weighted by molar-refractivity contribution is 5.99. The predicted octanol–water partition coefficient (Wildman–Crippen LogP) is 1.30. The number of rotatable bonds is 3. The average Bonchev–Trinajstić information content (AvgIpc) is 2.73. The molecule has 158 valence electrons. The Labute approximate surface area is 170 Å². The quantitative estimate of drug-likeness (QED) is 0.784. The summed E-state index contributed by atoms with van der Waals surface area (Å²) in [5.74, 6) is -3.73. The van der Waals surface area contributed by atoms with Gasteiger partial charge in [0.05, 0.1) is 0 Å². The van der Waals surface area contributed by atoms with Crippen LogP contribution in [0.5, 0.6) is 5.75 Å². The standard InChI is InChI=1S/C20H20F2N4O4/c1-24-15-4-2-3-7-25(15)26-10-13(17(27)18(28)16(26)20(24)30)19(29)23-9-11-5-6-12(21)8-14(11)22/h5-6,8,10,15,28H,2-4,7,9H2,1H3,(H,23,29)/t15-/m0/s1. The number of fused-ring (bicyclic) bond motifs is 3. The molecule has 4 rings (SSSR count). The van der Waals surface area contributed by atoms with Crippen molar-refractivity contribution in [1.82, 2.24) is 14.9 Å². The molecule has 1 aromatic carbocycles. The molecule has 1 atom stereocenters. The van der Waals surface area contributed by atoms with Crippen molar-refractivity contribution in [2.24, 2.45) is 0 Å². The van der Waals surface area contributed by atoms with Crippen molar-refractivity contribution >= 4 is 11.8 Å². The van der Waals surface area contributed by atoms with E-state index >= 15 is 0 Å². The number of aromatic hydroxyl groups is 1. The van der Waals surface area contributed by atoms with Crippen molar-refractivity contribution in [3.05, 3.63) is 63.1 Å². The van der Waals surface area contributed by atoms with Crippen molar-refractivity contribution in [2.45, 2.75) is 32.0 Å². The van der Waals surface area contributed by atoms with Gasteiger partial charge in [0.2, 0.25) is 5.43 Å². The van der Waals surface area contributed by atoms with Crippen molar-refractivity contribution in [3.63, 3.8) is 0 Å². The van der Waals surface area contributed by atoms with Crippen molar-refractivity contribution < 1.29 is 23.5 Å². The van der Waals surface area contributed by atoms with Crippen molar-refractivity contribution in [1.29, 1.82) is 0 Å². The Bertz CT molecular complexity index is 1100. The third-order valence-corrected chi connectivity index (χ3v) is 5.55. The van der Waals surface area contributed by atoms with Gasteiger partial charge in [0.15, 0.2) is 11.4 Å². The van der Waals surface area contributed by atoms with Crippen LogP contribution in [0.2, 0.25) is 0 Å². The van der Waals surface area contributed by atoms with Crippen LogP contribution in [0.25, 0.3) is 0 Å². The number of carbonyl (C=O) groups is 2. The van der Waals surface area contributed by atoms with Gasteiger partial charge in [0, 0.05) is 38.0 Å². The number of nitrogens with one attached hydrogen (secondary N) is 1. The number of carbonyl (C=O) groups excluding carboxylic acids is 2. The zero-order valence-electron chi connectivity index (χ0n) is 16.2. The van der Waals surface area contributed by atoms with E-state index in [0.717, 1.165) is 25.3 Å². The fraction of sp³-hybridized carbons (Fsp3) is 0.350. The molecule has 0 aliphatic carbocycles. The molecule has 1 saturated heterocycles. The summed E-state index contributed by atoms with van der Waals surface area (Å²) in [4.78, 5) is 39.4. The summed E-state index contributed by atoms with van der Waals surface area (Å²) >= 11 is 0. The summed E-state index contributed by atoms with van der Waals surface area (Å²) < 4.78 is 28.2. The number of aromatic nitrogens is 1. The summed E-state index contributed by atoms with van der Waals surface area (Å²) in [5.41, 5.74) is -1.52. The van der Waals surface area contributed by atoms with Gasteiger partial charge in [-0.1, -0.05) is 6.07 Å². The van der Waals surface area contributed by atoms with Gasteiger partial charge in [0.25, 0.3) is 11.8 Å². The monoisotopic (exact) mass is 418 g/mol. The van der Waals surface area contributed by atoms with Crippen LogP contribution in [0.1, 0.15) is 45.7 Å². The molecule has 2 aromatic rings. The lowest BCUT2D eigenvalue weighted by molar-refractivity contribution is 0.0591. The summed E-state index contributed by atoms with van der Waals surface area (Å²) in [7, 11) is 1.61. The van der Waals surface area contributed by atoms with E-state index in [1.807, 2.05) is 5.01 Å². The predicted molar refractivity (Wildman–Crippen MR) is 103 cm³/mol. The average molecular weight is 418 g/mol. The number of nitrogens with zero attached hydrogens (tertiary/aromatic N) is 3. The first-order valence-corrected chi connectivity index (χ1v) is 9.54. The lowest BCUT2D eigenvalue weighted by Crippen LogP contribution is -2.61. The van der Waals surface area contributed by atoms with Crippen LogP contribution in [-0.4, -0.2) is 46.3 Å². The number of hydrogen-bond acceptors (Lipinski definition) is 5. The van der Waals surface area contributed by atoms with Gasteiger partial charge >= 0.3 is 0 Å². The smallest absolute Gasteiger partial charge is 0.277 e. The Morgan fingerprint density at radius 2 is 2.03 bits per heavy atom. The maximum atomic E-state index is 13.8. The number of amides is 2. The third kappa shape index (κ3) is 3.17. The first-order chi connectivity index (χ1) is 14.3. The molecule has 3 heterocycles. The molecule has 30 heavy (non-hydrogen) atoms. The molecule has 0 saturated carbocycles. The minimum atomic E-state index is -0.990. The molecule has 0 radical (unpaired) electrons. The highest BCUT2D eigenvalue weighted by atomic mass is 19.1. The van der Waals surface area contributed by atoms with E-state index in [2.05, 4.69) is 5.32 Å². The van der Waals surface area contributed by atoms with Gasteiger partial charge < -0.3 is 15.3 Å². The van der Waals surface area contributed by atoms with E-state index < -0.39 is 34.6 Å². The Kier molecular flexibility index (Phi) is 4.92. The molecule has 1 fully saturated rings. The zero-order chi connectivity index (χ0) is 21.6. The summed E-state index contributed by atoms with van der Waals surface area (Å²) in [6.45, 7) is 0.306. The van der Waals surface area contributed by atoms with Gasteiger partial charge in [-0.25, -0.2) is 8.78 Å². The number of piperidine rings is 1. The van der Waals surface area contributed by atoms with Crippen LogP contribution in [0.3, 0.4) is 0 Å². The Morgan fingerprint density at radius 1 is 1.27 bits per heavy atom. The van der Waals surface area contributed by atoms with Gasteiger partial charge in [0.1, 0.15) is 23.4 Å². The van der Waals surface area contributed by atoms with Crippen LogP contribution in [-0.2, 0) is 6.54 Å². The molecule has 2 aliphatic rings. The first-order valence-electron chi connectivity index (χ1n) is 9.54. The normalized spacial score (nSPS) is 18.1. The molecule has 2 aliphatic heterocycles. The van der Waals surface area contributed by atoms with Crippen LogP contribution in [0.4, 0.5) is 8.78 Å². The number of halogens is 2. The first kappa shape index (κ1) is 19.9. The molecule has 0 bridgehead atoms. The molecule has 0 unspecified atom stereocenters. The van der Waals surface area contributed by atoms with Gasteiger partial charge in [-0.05, 0) is 25.3 Å². The molecule has 2 amide bonds. The molecular weight excluding hydrogens is 398 g/mol. The SMILES string of the molecule is CN1C(=O)c2c(O)c(=O)c(C(=O)NCc3ccc(F)cc3F)cn2N2CCCC[C@@H]12.